The highest BCUT2D eigenvalue weighted by Crippen LogP contribution is 2.33. The van der Waals surface area contributed by atoms with Crippen LogP contribution in [0.5, 0.6) is 11.5 Å². The van der Waals surface area contributed by atoms with E-state index in [0.717, 1.165) is 11.3 Å². The number of nitrogens with one attached hydrogen (secondary N) is 1. The number of anilines is 1. The van der Waals surface area contributed by atoms with Crippen molar-refractivity contribution in [3.8, 4) is 11.5 Å². The third-order valence-electron chi connectivity index (χ3n) is 4.05. The molecular formula is C21H20N2O4S2. The monoisotopic (exact) mass is 428 g/mol. The zero-order valence-corrected chi connectivity index (χ0v) is 17.6. The standard InChI is InChI=1S/C21H20N2O4S2/c1-3-27-15-10-8-14(9-11-15)12-18-20(25)23(21(28)29-18)13-19(24)22-16-6-4-5-7-17(16)26-2/h4-12H,3,13H2,1-2H3,(H,22,24)/b18-12+. The molecule has 0 aromatic heterocycles. The molecule has 6 nitrogen and oxygen atoms in total. The molecule has 1 N–H and O–H groups in total. The number of carbonyl (C=O) groups excluding carboxylic acids is 2. The first-order chi connectivity index (χ1) is 14.0. The lowest BCUT2D eigenvalue weighted by atomic mass is 10.2. The number of thioether (sulfide) groups is 1. The van der Waals surface area contributed by atoms with E-state index >= 15 is 0 Å². The number of rotatable bonds is 7. The molecule has 0 atom stereocenters. The first kappa shape index (κ1) is 20.9. The quantitative estimate of drug-likeness (QED) is 0.532. The van der Waals surface area contributed by atoms with E-state index in [1.807, 2.05) is 37.3 Å². The minimum atomic E-state index is -0.354. The molecule has 0 unspecified atom stereocenters. The van der Waals surface area contributed by atoms with Crippen LogP contribution < -0.4 is 14.8 Å². The maximum absolute atomic E-state index is 12.7. The number of methoxy groups -OCH3 is 1. The van der Waals surface area contributed by atoms with E-state index in [2.05, 4.69) is 5.32 Å². The number of nitrogens with zero attached hydrogens (tertiary/aromatic N) is 1. The number of hydrogen-bond acceptors (Lipinski definition) is 6. The van der Waals surface area contributed by atoms with Crippen molar-refractivity contribution >= 4 is 51.9 Å². The van der Waals surface area contributed by atoms with Gasteiger partial charge in [-0.2, -0.15) is 0 Å². The average molecular weight is 429 g/mol. The highest BCUT2D eigenvalue weighted by Gasteiger charge is 2.33. The summed E-state index contributed by atoms with van der Waals surface area (Å²) in [5.41, 5.74) is 1.39. The number of thiocarbonyl (C=S) groups is 1. The molecule has 1 saturated heterocycles. The zero-order chi connectivity index (χ0) is 20.8. The Kier molecular flexibility index (Phi) is 6.90. The predicted molar refractivity (Wildman–Crippen MR) is 119 cm³/mol. The van der Waals surface area contributed by atoms with E-state index in [1.165, 1.54) is 23.8 Å². The van der Waals surface area contributed by atoms with Gasteiger partial charge in [-0.25, -0.2) is 0 Å². The van der Waals surface area contributed by atoms with Gasteiger partial charge in [-0.05, 0) is 42.8 Å². The summed E-state index contributed by atoms with van der Waals surface area (Å²) in [5, 5.41) is 2.75. The number of amides is 2. The summed E-state index contributed by atoms with van der Waals surface area (Å²) in [6.45, 7) is 2.35. The van der Waals surface area contributed by atoms with Gasteiger partial charge in [0, 0.05) is 0 Å². The lowest BCUT2D eigenvalue weighted by Gasteiger charge is -2.15. The molecule has 2 aromatic rings. The van der Waals surface area contributed by atoms with Crippen LogP contribution in [0.1, 0.15) is 12.5 Å². The van der Waals surface area contributed by atoms with Crippen molar-refractivity contribution in [2.45, 2.75) is 6.92 Å². The molecule has 2 aromatic carbocycles. The van der Waals surface area contributed by atoms with Crippen LogP contribution in [-0.2, 0) is 9.59 Å². The van der Waals surface area contributed by atoms with Crippen molar-refractivity contribution < 1.29 is 19.1 Å². The minimum absolute atomic E-state index is 0.163. The van der Waals surface area contributed by atoms with Crippen LogP contribution in [0.15, 0.2) is 53.4 Å². The smallest absolute Gasteiger partial charge is 0.266 e. The molecule has 29 heavy (non-hydrogen) atoms. The van der Waals surface area contributed by atoms with Crippen LogP contribution >= 0.6 is 24.0 Å². The number of carbonyl (C=O) groups is 2. The van der Waals surface area contributed by atoms with Crippen LogP contribution in [-0.4, -0.2) is 41.3 Å². The summed E-state index contributed by atoms with van der Waals surface area (Å²) >= 11 is 6.48. The Morgan fingerprint density at radius 1 is 1.21 bits per heavy atom. The van der Waals surface area contributed by atoms with E-state index in [4.69, 9.17) is 21.7 Å². The molecular weight excluding hydrogens is 408 g/mol. The zero-order valence-electron chi connectivity index (χ0n) is 16.0. The summed E-state index contributed by atoms with van der Waals surface area (Å²) in [4.78, 5) is 26.9. The molecule has 150 valence electrons. The molecule has 0 aliphatic carbocycles. The van der Waals surface area contributed by atoms with Crippen molar-refractivity contribution in [1.82, 2.24) is 4.90 Å². The molecule has 1 heterocycles. The SMILES string of the molecule is CCOc1ccc(/C=C2/SC(=S)N(CC(=O)Nc3ccccc3OC)C2=O)cc1. The van der Waals surface area contributed by atoms with Gasteiger partial charge >= 0.3 is 0 Å². The van der Waals surface area contributed by atoms with Gasteiger partial charge in [-0.15, -0.1) is 0 Å². The van der Waals surface area contributed by atoms with E-state index in [0.29, 0.717) is 27.3 Å². The Labute approximate surface area is 178 Å². The van der Waals surface area contributed by atoms with Gasteiger partial charge in [0.15, 0.2) is 0 Å². The van der Waals surface area contributed by atoms with Crippen molar-refractivity contribution in [3.05, 3.63) is 59.0 Å². The Morgan fingerprint density at radius 2 is 1.93 bits per heavy atom. The van der Waals surface area contributed by atoms with Crippen LogP contribution in [0, 0.1) is 0 Å². The molecule has 0 bridgehead atoms. The first-order valence-electron chi connectivity index (χ1n) is 8.93. The van der Waals surface area contributed by atoms with Gasteiger partial charge in [-0.1, -0.05) is 48.2 Å². The summed E-state index contributed by atoms with van der Waals surface area (Å²) in [6, 6.07) is 14.5. The van der Waals surface area contributed by atoms with Crippen molar-refractivity contribution in [2.75, 3.05) is 25.6 Å². The third kappa shape index (κ3) is 5.16. The molecule has 2 amide bonds. The fraction of sp³-hybridized carbons (Fsp3) is 0.190. The van der Waals surface area contributed by atoms with E-state index in [9.17, 15) is 9.59 Å². The van der Waals surface area contributed by atoms with Gasteiger partial charge in [-0.3, -0.25) is 14.5 Å². The van der Waals surface area contributed by atoms with Crippen LogP contribution in [0.2, 0.25) is 0 Å². The van der Waals surface area contributed by atoms with Gasteiger partial charge in [0.2, 0.25) is 5.91 Å². The van der Waals surface area contributed by atoms with Gasteiger partial charge < -0.3 is 14.8 Å². The lowest BCUT2D eigenvalue weighted by Crippen LogP contribution is -2.36. The topological polar surface area (TPSA) is 67.9 Å². The highest BCUT2D eigenvalue weighted by atomic mass is 32.2. The van der Waals surface area contributed by atoms with Gasteiger partial charge in [0.25, 0.3) is 5.91 Å². The van der Waals surface area contributed by atoms with Crippen molar-refractivity contribution in [2.24, 2.45) is 0 Å². The number of para-hydroxylation sites is 2. The van der Waals surface area contributed by atoms with Crippen molar-refractivity contribution in [1.29, 1.82) is 0 Å². The predicted octanol–water partition coefficient (Wildman–Crippen LogP) is 3.93. The van der Waals surface area contributed by atoms with Crippen LogP contribution in [0.3, 0.4) is 0 Å². The molecule has 3 rings (SSSR count). The summed E-state index contributed by atoms with van der Waals surface area (Å²) < 4.78 is 11.0. The Balaban J connectivity index is 1.67. The Bertz CT molecular complexity index is 957. The molecule has 0 spiro atoms. The molecule has 1 fully saturated rings. The highest BCUT2D eigenvalue weighted by molar-refractivity contribution is 8.26. The summed E-state index contributed by atoms with van der Waals surface area (Å²) in [5.74, 6) is 0.670. The maximum atomic E-state index is 12.7. The van der Waals surface area contributed by atoms with E-state index in [1.54, 1.807) is 24.3 Å². The van der Waals surface area contributed by atoms with E-state index in [-0.39, 0.29) is 18.4 Å². The Hall–Kier alpha value is -2.84. The number of benzene rings is 2. The average Bonchev–Trinajstić information content (AvgIpc) is 2.97. The molecule has 1 aliphatic heterocycles. The minimum Gasteiger partial charge on any atom is -0.495 e. The fourth-order valence-electron chi connectivity index (χ4n) is 2.70. The molecule has 1 aliphatic rings. The molecule has 8 heteroatoms. The van der Waals surface area contributed by atoms with Crippen LogP contribution in [0.25, 0.3) is 6.08 Å². The molecule has 0 saturated carbocycles. The van der Waals surface area contributed by atoms with Gasteiger partial charge in [0.05, 0.1) is 24.3 Å². The fourth-order valence-corrected chi connectivity index (χ4v) is 3.95. The maximum Gasteiger partial charge on any atom is 0.266 e. The summed E-state index contributed by atoms with van der Waals surface area (Å²) in [6.07, 6.45) is 1.76. The molecule has 0 radical (unpaired) electrons. The van der Waals surface area contributed by atoms with Crippen LogP contribution in [0.4, 0.5) is 5.69 Å². The first-order valence-corrected chi connectivity index (χ1v) is 10.2. The Morgan fingerprint density at radius 3 is 2.62 bits per heavy atom. The second-order valence-electron chi connectivity index (χ2n) is 6.02. The lowest BCUT2D eigenvalue weighted by molar-refractivity contribution is -0.126. The normalized spacial score (nSPS) is 15.0. The second-order valence-corrected chi connectivity index (χ2v) is 7.69. The number of ether oxygens (including phenoxy) is 2. The third-order valence-corrected chi connectivity index (χ3v) is 5.42. The number of hydrogen-bond donors (Lipinski definition) is 1. The largest absolute Gasteiger partial charge is 0.495 e. The van der Waals surface area contributed by atoms with E-state index < -0.39 is 0 Å². The van der Waals surface area contributed by atoms with Gasteiger partial charge in [0.1, 0.15) is 22.4 Å². The second kappa shape index (κ2) is 9.58. The van der Waals surface area contributed by atoms with Crippen molar-refractivity contribution in [3.63, 3.8) is 0 Å². The summed E-state index contributed by atoms with van der Waals surface area (Å²) in [7, 11) is 1.53.